The van der Waals surface area contributed by atoms with Gasteiger partial charge < -0.3 is 10.0 Å². The van der Waals surface area contributed by atoms with Gasteiger partial charge in [-0.15, -0.1) is 0 Å². The van der Waals surface area contributed by atoms with E-state index in [0.717, 1.165) is 0 Å². The molecule has 1 N–H and O–H groups in total. The Labute approximate surface area is 125 Å². The van der Waals surface area contributed by atoms with E-state index in [4.69, 9.17) is 39.9 Å². The van der Waals surface area contributed by atoms with Crippen LogP contribution in [0.2, 0.25) is 15.1 Å². The molecule has 0 spiro atoms. The molecule has 1 heterocycles. The van der Waals surface area contributed by atoms with Crippen LogP contribution < -0.4 is 0 Å². The fraction of sp³-hybridized carbons (Fsp3) is 0.364. The lowest BCUT2D eigenvalue weighted by molar-refractivity contribution is -0.137. The number of carbonyl (C=O) groups excluding carboxylic acids is 1. The van der Waals surface area contributed by atoms with Gasteiger partial charge in [-0.25, -0.2) is 4.98 Å². The van der Waals surface area contributed by atoms with E-state index < -0.39 is 11.9 Å². The molecule has 1 rings (SSSR count). The summed E-state index contributed by atoms with van der Waals surface area (Å²) in [6, 6.07) is 0. The first-order chi connectivity index (χ1) is 8.84. The van der Waals surface area contributed by atoms with Crippen LogP contribution in [0.3, 0.4) is 0 Å². The van der Waals surface area contributed by atoms with E-state index in [-0.39, 0.29) is 33.7 Å². The SMILES string of the molecule is CN(CCCC(=O)O)C(=O)c1ncc(Cl)c(Cl)c1Cl. The minimum absolute atomic E-state index is 0.00566. The summed E-state index contributed by atoms with van der Waals surface area (Å²) in [4.78, 5) is 27.6. The van der Waals surface area contributed by atoms with Crippen molar-refractivity contribution in [2.24, 2.45) is 0 Å². The first-order valence-corrected chi connectivity index (χ1v) is 6.44. The van der Waals surface area contributed by atoms with Gasteiger partial charge in [0.2, 0.25) is 0 Å². The van der Waals surface area contributed by atoms with Crippen LogP contribution in [0.25, 0.3) is 0 Å². The molecule has 0 fully saturated rings. The van der Waals surface area contributed by atoms with Crippen molar-refractivity contribution in [2.75, 3.05) is 13.6 Å². The molecular weight excluding hydrogens is 314 g/mol. The van der Waals surface area contributed by atoms with Crippen molar-refractivity contribution in [2.45, 2.75) is 12.8 Å². The molecule has 1 amide bonds. The molecule has 0 saturated carbocycles. The summed E-state index contributed by atoms with van der Waals surface area (Å²) in [6.45, 7) is 0.281. The Morgan fingerprint density at radius 3 is 2.53 bits per heavy atom. The first-order valence-electron chi connectivity index (χ1n) is 5.31. The molecule has 1 aromatic heterocycles. The Kier molecular flexibility index (Phi) is 5.85. The second kappa shape index (κ2) is 6.93. The molecule has 0 aliphatic heterocycles. The van der Waals surface area contributed by atoms with Gasteiger partial charge in [-0.3, -0.25) is 9.59 Å². The van der Waals surface area contributed by atoms with Crippen molar-refractivity contribution < 1.29 is 14.7 Å². The maximum absolute atomic E-state index is 12.0. The van der Waals surface area contributed by atoms with Gasteiger partial charge in [0.05, 0.1) is 15.1 Å². The number of amides is 1. The Hall–Kier alpha value is -1.04. The molecule has 19 heavy (non-hydrogen) atoms. The third-order valence-electron chi connectivity index (χ3n) is 2.35. The van der Waals surface area contributed by atoms with Gasteiger partial charge in [0.1, 0.15) is 5.69 Å². The van der Waals surface area contributed by atoms with E-state index in [9.17, 15) is 9.59 Å². The number of nitrogens with zero attached hydrogens (tertiary/aromatic N) is 2. The lowest BCUT2D eigenvalue weighted by Gasteiger charge is -2.17. The van der Waals surface area contributed by atoms with E-state index in [1.54, 1.807) is 0 Å². The van der Waals surface area contributed by atoms with Crippen molar-refractivity contribution in [3.8, 4) is 0 Å². The van der Waals surface area contributed by atoms with Crippen LogP contribution in [0.15, 0.2) is 6.20 Å². The molecule has 0 saturated heterocycles. The predicted molar refractivity (Wildman–Crippen MR) is 73.1 cm³/mol. The highest BCUT2D eigenvalue weighted by Gasteiger charge is 2.20. The standard InChI is InChI=1S/C11H11Cl3N2O3/c1-16(4-2-3-7(17)18)11(19)10-9(14)8(13)6(12)5-15-10/h5H,2-4H2,1H3,(H,17,18). The highest BCUT2D eigenvalue weighted by molar-refractivity contribution is 6.48. The quantitative estimate of drug-likeness (QED) is 0.903. The lowest BCUT2D eigenvalue weighted by Crippen LogP contribution is -2.29. The van der Waals surface area contributed by atoms with Crippen LogP contribution in [0.4, 0.5) is 0 Å². The van der Waals surface area contributed by atoms with E-state index in [2.05, 4.69) is 4.98 Å². The molecule has 0 radical (unpaired) electrons. The largest absolute Gasteiger partial charge is 0.481 e. The van der Waals surface area contributed by atoms with Gasteiger partial charge in [-0.1, -0.05) is 34.8 Å². The number of pyridine rings is 1. The predicted octanol–water partition coefficient (Wildman–Crippen LogP) is 2.98. The molecule has 0 aliphatic carbocycles. The van der Waals surface area contributed by atoms with Gasteiger partial charge >= 0.3 is 5.97 Å². The van der Waals surface area contributed by atoms with Gasteiger partial charge in [0.25, 0.3) is 5.91 Å². The Bertz CT molecular complexity index is 508. The van der Waals surface area contributed by atoms with Gasteiger partial charge in [0.15, 0.2) is 0 Å². The zero-order valence-corrected chi connectivity index (χ0v) is 12.3. The fourth-order valence-electron chi connectivity index (χ4n) is 1.34. The van der Waals surface area contributed by atoms with Crippen LogP contribution in [0, 0.1) is 0 Å². The second-order valence-electron chi connectivity index (χ2n) is 3.81. The zero-order valence-electron chi connectivity index (χ0n) is 9.99. The molecule has 104 valence electrons. The minimum Gasteiger partial charge on any atom is -0.481 e. The molecule has 0 atom stereocenters. The summed E-state index contributed by atoms with van der Waals surface area (Å²) >= 11 is 17.4. The lowest BCUT2D eigenvalue weighted by atomic mass is 10.2. The number of carboxylic acid groups (broad SMARTS) is 1. The van der Waals surface area contributed by atoms with Crippen LogP contribution in [0.5, 0.6) is 0 Å². The van der Waals surface area contributed by atoms with Crippen molar-refractivity contribution >= 4 is 46.7 Å². The Morgan fingerprint density at radius 1 is 1.32 bits per heavy atom. The highest BCUT2D eigenvalue weighted by Crippen LogP contribution is 2.31. The van der Waals surface area contributed by atoms with Crippen molar-refractivity contribution in [3.63, 3.8) is 0 Å². The normalized spacial score (nSPS) is 10.3. The molecular formula is C11H11Cl3N2O3. The average molecular weight is 326 g/mol. The number of hydrogen-bond acceptors (Lipinski definition) is 3. The molecule has 1 aromatic rings. The Balaban J connectivity index is 2.77. The smallest absolute Gasteiger partial charge is 0.303 e. The average Bonchev–Trinajstić information content (AvgIpc) is 2.35. The Morgan fingerprint density at radius 2 is 1.95 bits per heavy atom. The molecule has 0 unspecified atom stereocenters. The summed E-state index contributed by atoms with van der Waals surface area (Å²) < 4.78 is 0. The molecule has 0 aliphatic rings. The number of carboxylic acids is 1. The maximum Gasteiger partial charge on any atom is 0.303 e. The number of carbonyl (C=O) groups is 2. The number of aliphatic carboxylic acids is 1. The van der Waals surface area contributed by atoms with Crippen LogP contribution in [-0.2, 0) is 4.79 Å². The van der Waals surface area contributed by atoms with Crippen molar-refractivity contribution in [1.29, 1.82) is 0 Å². The highest BCUT2D eigenvalue weighted by atomic mass is 35.5. The van der Waals surface area contributed by atoms with E-state index in [1.165, 1.54) is 18.1 Å². The van der Waals surface area contributed by atoms with E-state index in [0.29, 0.717) is 6.42 Å². The maximum atomic E-state index is 12.0. The summed E-state index contributed by atoms with van der Waals surface area (Å²) in [5.74, 6) is -1.35. The number of halogens is 3. The van der Waals surface area contributed by atoms with Gasteiger partial charge in [0, 0.05) is 26.2 Å². The summed E-state index contributed by atoms with van der Waals surface area (Å²) in [5, 5.41) is 8.75. The molecule has 5 nitrogen and oxygen atoms in total. The summed E-state index contributed by atoms with van der Waals surface area (Å²) in [6.07, 6.45) is 1.57. The minimum atomic E-state index is -0.911. The first kappa shape index (κ1) is 16.0. The number of aromatic nitrogens is 1. The van der Waals surface area contributed by atoms with Crippen LogP contribution in [-0.4, -0.2) is 40.5 Å². The summed E-state index contributed by atoms with van der Waals surface area (Å²) in [5.41, 5.74) is -0.00566. The van der Waals surface area contributed by atoms with E-state index >= 15 is 0 Å². The fourth-order valence-corrected chi connectivity index (χ4v) is 1.90. The molecule has 0 aromatic carbocycles. The monoisotopic (exact) mass is 324 g/mol. The van der Waals surface area contributed by atoms with Crippen LogP contribution in [0.1, 0.15) is 23.3 Å². The van der Waals surface area contributed by atoms with Crippen molar-refractivity contribution in [1.82, 2.24) is 9.88 Å². The summed E-state index contributed by atoms with van der Waals surface area (Å²) in [7, 11) is 1.53. The zero-order chi connectivity index (χ0) is 14.6. The van der Waals surface area contributed by atoms with E-state index in [1.807, 2.05) is 0 Å². The number of hydrogen-bond donors (Lipinski definition) is 1. The number of rotatable bonds is 5. The topological polar surface area (TPSA) is 70.5 Å². The van der Waals surface area contributed by atoms with Gasteiger partial charge in [-0.05, 0) is 6.42 Å². The molecule has 0 bridgehead atoms. The second-order valence-corrected chi connectivity index (χ2v) is 4.97. The van der Waals surface area contributed by atoms with Gasteiger partial charge in [-0.2, -0.15) is 0 Å². The van der Waals surface area contributed by atoms with Crippen LogP contribution >= 0.6 is 34.8 Å². The third-order valence-corrected chi connectivity index (χ3v) is 3.59. The third kappa shape index (κ3) is 4.23. The van der Waals surface area contributed by atoms with Crippen molar-refractivity contribution in [3.05, 3.63) is 27.0 Å². The molecule has 8 heteroatoms.